The summed E-state index contributed by atoms with van der Waals surface area (Å²) in [6.45, 7) is 4.78. The number of hydrogen-bond donors (Lipinski definition) is 2. The first-order valence-electron chi connectivity index (χ1n) is 10.4. The molecule has 5 rings (SSSR count). The third-order valence-corrected chi connectivity index (χ3v) is 6.60. The van der Waals surface area contributed by atoms with Gasteiger partial charge >= 0.3 is 0 Å². The van der Waals surface area contributed by atoms with Gasteiger partial charge in [-0.2, -0.15) is 0 Å². The van der Waals surface area contributed by atoms with Gasteiger partial charge in [0.25, 0.3) is 10.0 Å². The molecule has 2 N–H and O–H groups in total. The number of hydrogen-bond acceptors (Lipinski definition) is 7. The Morgan fingerprint density at radius 3 is 2.24 bits per heavy atom. The summed E-state index contributed by atoms with van der Waals surface area (Å²) in [5.74, 6) is 1.32. The van der Waals surface area contributed by atoms with E-state index in [1.54, 1.807) is 12.1 Å². The molecule has 0 bridgehead atoms. The van der Waals surface area contributed by atoms with E-state index in [2.05, 4.69) is 20.0 Å². The summed E-state index contributed by atoms with van der Waals surface area (Å²) >= 11 is 0. The number of anilines is 3. The Balaban J connectivity index is 1.55. The highest BCUT2D eigenvalue weighted by Crippen LogP contribution is 2.34. The van der Waals surface area contributed by atoms with Gasteiger partial charge in [0.05, 0.1) is 15.9 Å². The Morgan fingerprint density at radius 2 is 1.52 bits per heavy atom. The fraction of sp³-hybridized carbons (Fsp3) is 0.167. The number of fused-ring (bicyclic) bond motifs is 2. The van der Waals surface area contributed by atoms with Crippen molar-refractivity contribution in [2.75, 3.05) is 23.3 Å². The lowest BCUT2D eigenvalue weighted by Crippen LogP contribution is -2.18. The second-order valence-corrected chi connectivity index (χ2v) is 9.45. The highest BCUT2D eigenvalue weighted by atomic mass is 32.2. The monoisotopic (exact) mass is 462 g/mol. The average molecular weight is 463 g/mol. The van der Waals surface area contributed by atoms with Gasteiger partial charge in [0.1, 0.15) is 13.2 Å². The van der Waals surface area contributed by atoms with Crippen molar-refractivity contribution < 1.29 is 17.9 Å². The lowest BCUT2D eigenvalue weighted by Gasteiger charge is -2.19. The van der Waals surface area contributed by atoms with E-state index < -0.39 is 10.0 Å². The second-order valence-electron chi connectivity index (χ2n) is 7.76. The van der Waals surface area contributed by atoms with Crippen LogP contribution in [-0.2, 0) is 10.0 Å². The largest absolute Gasteiger partial charge is 0.486 e. The molecule has 8 nitrogen and oxygen atoms in total. The minimum atomic E-state index is -3.98. The van der Waals surface area contributed by atoms with Crippen LogP contribution in [0.5, 0.6) is 11.5 Å². The van der Waals surface area contributed by atoms with E-state index in [0.29, 0.717) is 41.6 Å². The number of nitrogens with zero attached hydrogens (tertiary/aromatic N) is 2. The summed E-state index contributed by atoms with van der Waals surface area (Å²) in [5.41, 5.74) is 4.16. The molecule has 1 aromatic heterocycles. The molecule has 0 atom stereocenters. The molecule has 0 amide bonds. The molecular formula is C24H22N4O4S. The SMILES string of the molecule is Cc1ccc(Nc2nc3ccccc3nc2NS(=O)(=O)c2ccc3c(c2)OCCO3)c(C)c1. The molecule has 4 aromatic rings. The number of benzene rings is 3. The number of nitrogens with one attached hydrogen (secondary N) is 2. The van der Waals surface area contributed by atoms with Crippen LogP contribution in [0.3, 0.4) is 0 Å². The summed E-state index contributed by atoms with van der Waals surface area (Å²) in [6, 6.07) is 17.7. The Bertz CT molecular complexity index is 1470. The van der Waals surface area contributed by atoms with Crippen molar-refractivity contribution in [3.8, 4) is 11.5 Å². The van der Waals surface area contributed by atoms with E-state index in [1.807, 2.05) is 50.2 Å². The van der Waals surface area contributed by atoms with E-state index >= 15 is 0 Å². The predicted molar refractivity (Wildman–Crippen MR) is 127 cm³/mol. The van der Waals surface area contributed by atoms with E-state index in [4.69, 9.17) is 9.47 Å². The molecule has 0 fully saturated rings. The van der Waals surface area contributed by atoms with Gasteiger partial charge in [-0.1, -0.05) is 29.8 Å². The molecule has 0 saturated carbocycles. The van der Waals surface area contributed by atoms with Gasteiger partial charge < -0.3 is 14.8 Å². The first-order chi connectivity index (χ1) is 15.9. The molecule has 1 aliphatic heterocycles. The zero-order valence-electron chi connectivity index (χ0n) is 18.1. The molecule has 0 spiro atoms. The van der Waals surface area contributed by atoms with Gasteiger partial charge in [-0.25, -0.2) is 18.4 Å². The summed E-state index contributed by atoms with van der Waals surface area (Å²) < 4.78 is 40.1. The van der Waals surface area contributed by atoms with Crippen LogP contribution in [0.15, 0.2) is 65.6 Å². The number of sulfonamides is 1. The second kappa shape index (κ2) is 8.25. The number of rotatable bonds is 5. The van der Waals surface area contributed by atoms with Crippen LogP contribution < -0.4 is 19.5 Å². The standard InChI is InChI=1S/C24H22N4O4S/c1-15-7-9-18(16(2)13-15)25-23-24(27-20-6-4-3-5-19(20)26-23)28-33(29,30)17-8-10-21-22(14-17)32-12-11-31-21/h3-10,13-14H,11-12H2,1-2H3,(H,25,26)(H,27,28). The Hall–Kier alpha value is -3.85. The highest BCUT2D eigenvalue weighted by molar-refractivity contribution is 7.92. The van der Waals surface area contributed by atoms with Crippen LogP contribution in [0.4, 0.5) is 17.3 Å². The van der Waals surface area contributed by atoms with Gasteiger partial charge in [-0.05, 0) is 49.7 Å². The van der Waals surface area contributed by atoms with Crippen LogP contribution in [-0.4, -0.2) is 31.6 Å². The van der Waals surface area contributed by atoms with Crippen LogP contribution in [0, 0.1) is 13.8 Å². The highest BCUT2D eigenvalue weighted by Gasteiger charge is 2.22. The van der Waals surface area contributed by atoms with E-state index in [9.17, 15) is 8.42 Å². The number of aryl methyl sites for hydroxylation is 2. The van der Waals surface area contributed by atoms with Crippen molar-refractivity contribution in [1.82, 2.24) is 9.97 Å². The van der Waals surface area contributed by atoms with Crippen LogP contribution in [0.1, 0.15) is 11.1 Å². The Labute approximate surface area is 191 Å². The Kier molecular flexibility index (Phi) is 5.26. The maximum absolute atomic E-state index is 13.2. The fourth-order valence-electron chi connectivity index (χ4n) is 3.62. The van der Waals surface area contributed by atoms with Crippen molar-refractivity contribution >= 4 is 38.4 Å². The molecule has 9 heteroatoms. The van der Waals surface area contributed by atoms with E-state index in [1.165, 1.54) is 12.1 Å². The predicted octanol–water partition coefficient (Wildman–Crippen LogP) is 4.56. The molecule has 168 valence electrons. The van der Waals surface area contributed by atoms with E-state index in [0.717, 1.165) is 16.8 Å². The lowest BCUT2D eigenvalue weighted by molar-refractivity contribution is 0.171. The van der Waals surface area contributed by atoms with Gasteiger partial charge in [0.2, 0.25) is 0 Å². The van der Waals surface area contributed by atoms with Crippen molar-refractivity contribution in [1.29, 1.82) is 0 Å². The molecule has 0 aliphatic carbocycles. The maximum atomic E-state index is 13.2. The zero-order chi connectivity index (χ0) is 23.0. The minimum Gasteiger partial charge on any atom is -0.486 e. The van der Waals surface area contributed by atoms with E-state index in [-0.39, 0.29) is 10.7 Å². The smallest absolute Gasteiger partial charge is 0.263 e. The molecule has 3 aromatic carbocycles. The molecule has 0 saturated heterocycles. The first-order valence-corrected chi connectivity index (χ1v) is 11.9. The molecule has 2 heterocycles. The molecule has 0 unspecified atom stereocenters. The third-order valence-electron chi connectivity index (χ3n) is 5.26. The van der Waals surface area contributed by atoms with Gasteiger partial charge in [0.15, 0.2) is 23.1 Å². The van der Waals surface area contributed by atoms with Gasteiger partial charge in [-0.3, -0.25) is 4.72 Å². The summed E-state index contributed by atoms with van der Waals surface area (Å²) in [7, 11) is -3.98. The third kappa shape index (κ3) is 4.27. The molecule has 0 radical (unpaired) electrons. The Morgan fingerprint density at radius 1 is 0.818 bits per heavy atom. The zero-order valence-corrected chi connectivity index (χ0v) is 18.9. The molecule has 1 aliphatic rings. The number of ether oxygens (including phenoxy) is 2. The average Bonchev–Trinajstić information content (AvgIpc) is 2.80. The van der Waals surface area contributed by atoms with Gasteiger partial charge in [0, 0.05) is 11.8 Å². The van der Waals surface area contributed by atoms with Crippen LogP contribution in [0.2, 0.25) is 0 Å². The molecular weight excluding hydrogens is 440 g/mol. The summed E-state index contributed by atoms with van der Waals surface area (Å²) in [4.78, 5) is 9.22. The van der Waals surface area contributed by atoms with Crippen molar-refractivity contribution in [3.63, 3.8) is 0 Å². The maximum Gasteiger partial charge on any atom is 0.263 e. The molecule has 33 heavy (non-hydrogen) atoms. The lowest BCUT2D eigenvalue weighted by atomic mass is 10.1. The summed E-state index contributed by atoms with van der Waals surface area (Å²) in [6.07, 6.45) is 0. The summed E-state index contributed by atoms with van der Waals surface area (Å²) in [5, 5.41) is 3.24. The number of para-hydroxylation sites is 2. The van der Waals surface area contributed by atoms with Crippen molar-refractivity contribution in [3.05, 3.63) is 71.8 Å². The van der Waals surface area contributed by atoms with Gasteiger partial charge in [-0.15, -0.1) is 0 Å². The van der Waals surface area contributed by atoms with Crippen molar-refractivity contribution in [2.24, 2.45) is 0 Å². The quantitative estimate of drug-likeness (QED) is 0.448. The normalized spacial score (nSPS) is 13.0. The van der Waals surface area contributed by atoms with Crippen LogP contribution in [0.25, 0.3) is 11.0 Å². The van der Waals surface area contributed by atoms with Crippen molar-refractivity contribution in [2.45, 2.75) is 18.7 Å². The fourth-order valence-corrected chi connectivity index (χ4v) is 4.64. The number of aromatic nitrogens is 2. The first kappa shape index (κ1) is 21.0. The van der Waals surface area contributed by atoms with Crippen LogP contribution >= 0.6 is 0 Å². The minimum absolute atomic E-state index is 0.0409. The topological polar surface area (TPSA) is 102 Å².